The third-order valence-electron chi connectivity index (χ3n) is 4.93. The van der Waals surface area contributed by atoms with Crippen LogP contribution in [0.3, 0.4) is 0 Å². The summed E-state index contributed by atoms with van der Waals surface area (Å²) in [6, 6.07) is 15.1. The van der Waals surface area contributed by atoms with Gasteiger partial charge >= 0.3 is 0 Å². The second kappa shape index (κ2) is 7.61. The molecule has 1 saturated heterocycles. The van der Waals surface area contributed by atoms with Crippen molar-refractivity contribution in [1.82, 2.24) is 9.78 Å². The minimum atomic E-state index is -0.179. The summed E-state index contributed by atoms with van der Waals surface area (Å²) in [5, 5.41) is 7.56. The summed E-state index contributed by atoms with van der Waals surface area (Å²) >= 11 is 0. The molecule has 1 aliphatic rings. The molecule has 3 aromatic rings. The first-order chi connectivity index (χ1) is 13.2. The monoisotopic (exact) mass is 362 g/mol. The van der Waals surface area contributed by atoms with E-state index in [1.165, 1.54) is 31.1 Å². The van der Waals surface area contributed by atoms with Crippen molar-refractivity contribution >= 4 is 28.2 Å². The van der Waals surface area contributed by atoms with Crippen molar-refractivity contribution < 1.29 is 4.79 Å². The van der Waals surface area contributed by atoms with Gasteiger partial charge in [-0.05, 0) is 55.7 Å². The molecule has 6 nitrogen and oxygen atoms in total. The number of hydrogen-bond acceptors (Lipinski definition) is 4. The smallest absolute Gasteiger partial charge is 0.246 e. The number of fused-ring (bicyclic) bond motifs is 1. The Morgan fingerprint density at radius 3 is 2.52 bits per heavy atom. The van der Waals surface area contributed by atoms with Gasteiger partial charge in [0.05, 0.1) is 11.7 Å². The zero-order chi connectivity index (χ0) is 18.6. The number of carbonyl (C=O) groups is 1. The van der Waals surface area contributed by atoms with Gasteiger partial charge in [-0.3, -0.25) is 14.3 Å². The van der Waals surface area contributed by atoms with Crippen LogP contribution >= 0.6 is 0 Å². The quantitative estimate of drug-likeness (QED) is 0.775. The zero-order valence-corrected chi connectivity index (χ0v) is 15.1. The van der Waals surface area contributed by atoms with E-state index in [0.29, 0.717) is 10.9 Å². The van der Waals surface area contributed by atoms with Crippen molar-refractivity contribution in [1.29, 1.82) is 0 Å². The summed E-state index contributed by atoms with van der Waals surface area (Å²) in [5.74, 6) is -0.179. The number of carbonyl (C=O) groups excluding carboxylic acids is 1. The number of hydrogen-bond donors (Lipinski definition) is 1. The largest absolute Gasteiger partial charge is 0.372 e. The normalized spacial score (nSPS) is 14.3. The molecule has 0 saturated carbocycles. The number of para-hydroxylation sites is 1. The maximum Gasteiger partial charge on any atom is 0.246 e. The number of benzene rings is 2. The van der Waals surface area contributed by atoms with E-state index in [9.17, 15) is 9.59 Å². The van der Waals surface area contributed by atoms with Gasteiger partial charge in [-0.15, -0.1) is 0 Å². The van der Waals surface area contributed by atoms with Crippen LogP contribution in [-0.2, 0) is 11.3 Å². The molecule has 27 heavy (non-hydrogen) atoms. The minimum Gasteiger partial charge on any atom is -0.372 e. The topological polar surface area (TPSA) is 67.2 Å². The summed E-state index contributed by atoms with van der Waals surface area (Å²) in [5.41, 5.74) is 2.46. The Balaban J connectivity index is 1.45. The Morgan fingerprint density at radius 1 is 1.00 bits per heavy atom. The fourth-order valence-electron chi connectivity index (χ4n) is 3.53. The molecule has 1 aromatic heterocycles. The molecule has 2 heterocycles. The van der Waals surface area contributed by atoms with E-state index in [4.69, 9.17) is 0 Å². The van der Waals surface area contributed by atoms with E-state index in [-0.39, 0.29) is 17.9 Å². The molecule has 0 bridgehead atoms. The first kappa shape index (κ1) is 17.3. The summed E-state index contributed by atoms with van der Waals surface area (Å²) in [7, 11) is 0. The second-order valence-corrected chi connectivity index (χ2v) is 6.83. The molecular weight excluding hydrogens is 340 g/mol. The lowest BCUT2D eigenvalue weighted by Gasteiger charge is -2.28. The van der Waals surface area contributed by atoms with Gasteiger partial charge in [0.1, 0.15) is 6.54 Å². The molecule has 1 amide bonds. The number of nitrogens with one attached hydrogen (secondary N) is 1. The van der Waals surface area contributed by atoms with E-state index in [0.717, 1.165) is 18.8 Å². The number of rotatable bonds is 4. The predicted octanol–water partition coefficient (Wildman–Crippen LogP) is 3.03. The van der Waals surface area contributed by atoms with Gasteiger partial charge in [0, 0.05) is 29.9 Å². The summed E-state index contributed by atoms with van der Waals surface area (Å²) in [6.07, 6.45) is 5.03. The summed E-state index contributed by atoms with van der Waals surface area (Å²) in [4.78, 5) is 26.7. The van der Waals surface area contributed by atoms with Crippen molar-refractivity contribution in [3.8, 4) is 0 Å². The maximum atomic E-state index is 12.4. The Bertz CT molecular complexity index is 1000. The number of anilines is 2. The van der Waals surface area contributed by atoms with E-state index in [1.54, 1.807) is 22.9 Å². The van der Waals surface area contributed by atoms with Gasteiger partial charge in [-0.25, -0.2) is 0 Å². The molecule has 4 rings (SSSR count). The molecule has 2 aromatic carbocycles. The Kier molecular flexibility index (Phi) is 4.87. The van der Waals surface area contributed by atoms with Crippen LogP contribution in [0.5, 0.6) is 0 Å². The van der Waals surface area contributed by atoms with Crippen molar-refractivity contribution in [2.75, 3.05) is 23.3 Å². The molecule has 1 N–H and O–H groups in total. The van der Waals surface area contributed by atoms with Crippen LogP contribution in [0.25, 0.3) is 10.9 Å². The summed E-state index contributed by atoms with van der Waals surface area (Å²) in [6.45, 7) is 2.24. The van der Waals surface area contributed by atoms with Crippen LogP contribution in [-0.4, -0.2) is 28.8 Å². The zero-order valence-electron chi connectivity index (χ0n) is 15.1. The van der Waals surface area contributed by atoms with Gasteiger partial charge in [-0.1, -0.05) is 12.1 Å². The van der Waals surface area contributed by atoms with Crippen LogP contribution in [0.4, 0.5) is 11.4 Å². The third kappa shape index (κ3) is 3.84. The molecular formula is C21H22N4O2. The van der Waals surface area contributed by atoms with E-state index >= 15 is 0 Å². The fraction of sp³-hybridized carbons (Fsp3) is 0.286. The van der Waals surface area contributed by atoms with Gasteiger partial charge in [0.25, 0.3) is 0 Å². The lowest BCUT2D eigenvalue weighted by Crippen LogP contribution is -2.29. The molecule has 138 valence electrons. The number of amides is 1. The highest BCUT2D eigenvalue weighted by Gasteiger charge is 2.12. The minimum absolute atomic E-state index is 0.0503. The highest BCUT2D eigenvalue weighted by Crippen LogP contribution is 2.21. The molecule has 6 heteroatoms. The van der Waals surface area contributed by atoms with Gasteiger partial charge < -0.3 is 10.2 Å². The molecule has 1 fully saturated rings. The van der Waals surface area contributed by atoms with E-state index in [1.807, 2.05) is 30.3 Å². The molecule has 0 unspecified atom stereocenters. The van der Waals surface area contributed by atoms with Gasteiger partial charge in [0.2, 0.25) is 11.3 Å². The highest BCUT2D eigenvalue weighted by atomic mass is 16.2. The fourth-order valence-corrected chi connectivity index (χ4v) is 3.53. The molecule has 0 aliphatic carbocycles. The van der Waals surface area contributed by atoms with Gasteiger partial charge in [-0.2, -0.15) is 5.10 Å². The van der Waals surface area contributed by atoms with Crippen LogP contribution in [0.15, 0.2) is 59.5 Å². The van der Waals surface area contributed by atoms with Crippen LogP contribution in [0.2, 0.25) is 0 Å². The van der Waals surface area contributed by atoms with Crippen LogP contribution in [0, 0.1) is 0 Å². The lowest BCUT2D eigenvalue weighted by atomic mass is 10.1. The third-order valence-corrected chi connectivity index (χ3v) is 4.93. The van der Waals surface area contributed by atoms with E-state index in [2.05, 4.69) is 15.3 Å². The van der Waals surface area contributed by atoms with Crippen molar-refractivity contribution in [3.63, 3.8) is 0 Å². The lowest BCUT2D eigenvalue weighted by molar-refractivity contribution is -0.116. The van der Waals surface area contributed by atoms with Crippen molar-refractivity contribution in [2.45, 2.75) is 25.8 Å². The maximum absolute atomic E-state index is 12.4. The molecule has 1 aliphatic heterocycles. The Hall–Kier alpha value is -3.15. The van der Waals surface area contributed by atoms with E-state index < -0.39 is 0 Å². The standard InChI is InChI=1S/C21H22N4O2/c26-20-14-22-25(19-7-3-2-6-18(19)20)15-21(27)23-16-8-10-17(11-9-16)24-12-4-1-5-13-24/h2-3,6-11,14H,1,4-5,12-13,15H2,(H,23,27). The molecule has 0 radical (unpaired) electrons. The number of nitrogens with zero attached hydrogens (tertiary/aromatic N) is 3. The number of aromatic nitrogens is 2. The second-order valence-electron chi connectivity index (χ2n) is 6.83. The van der Waals surface area contributed by atoms with Gasteiger partial charge in [0.15, 0.2) is 0 Å². The van der Waals surface area contributed by atoms with Crippen molar-refractivity contribution in [2.24, 2.45) is 0 Å². The van der Waals surface area contributed by atoms with Crippen LogP contribution in [0.1, 0.15) is 19.3 Å². The molecule has 0 atom stereocenters. The first-order valence-electron chi connectivity index (χ1n) is 9.30. The highest BCUT2D eigenvalue weighted by molar-refractivity contribution is 5.91. The number of piperidine rings is 1. The summed E-state index contributed by atoms with van der Waals surface area (Å²) < 4.78 is 1.55. The SMILES string of the molecule is O=C(Cn1ncc(=O)c2ccccc21)Nc1ccc(N2CCCCC2)cc1. The average molecular weight is 362 g/mol. The molecule has 0 spiro atoms. The Labute approximate surface area is 157 Å². The first-order valence-corrected chi connectivity index (χ1v) is 9.30. The predicted molar refractivity (Wildman–Crippen MR) is 107 cm³/mol. The van der Waals surface area contributed by atoms with Crippen molar-refractivity contribution in [3.05, 3.63) is 65.0 Å². The average Bonchev–Trinajstić information content (AvgIpc) is 2.71. The van der Waals surface area contributed by atoms with Crippen LogP contribution < -0.4 is 15.6 Å². The Morgan fingerprint density at radius 2 is 1.74 bits per heavy atom.